The monoisotopic (exact) mass is 303 g/mol. The fourth-order valence-corrected chi connectivity index (χ4v) is 3.11. The lowest BCUT2D eigenvalue weighted by Crippen LogP contribution is -2.45. The van der Waals surface area contributed by atoms with Gasteiger partial charge in [0.25, 0.3) is 5.91 Å². The van der Waals surface area contributed by atoms with Gasteiger partial charge in [-0.3, -0.25) is 4.79 Å². The van der Waals surface area contributed by atoms with Gasteiger partial charge in [0.2, 0.25) is 0 Å². The molecule has 3 nitrogen and oxygen atoms in total. The summed E-state index contributed by atoms with van der Waals surface area (Å²) in [6, 6.07) is 6.24. The third-order valence-electron chi connectivity index (χ3n) is 4.41. The Hall–Kier alpha value is -1.51. The third-order valence-corrected chi connectivity index (χ3v) is 4.41. The number of hydrogen-bond donors (Lipinski definition) is 0. The summed E-state index contributed by atoms with van der Waals surface area (Å²) in [4.78, 5) is 14.6. The van der Waals surface area contributed by atoms with Gasteiger partial charge in [-0.15, -0.1) is 0 Å². The number of benzene rings is 1. The smallest absolute Gasteiger partial charge is 0.263 e. The average molecular weight is 303 g/mol. The molecular weight excluding hydrogens is 274 g/mol. The summed E-state index contributed by atoms with van der Waals surface area (Å²) < 4.78 is 6.05. The minimum atomic E-state index is -0.426. The minimum absolute atomic E-state index is 0.114. The van der Waals surface area contributed by atoms with Crippen LogP contribution >= 0.6 is 0 Å². The van der Waals surface area contributed by atoms with E-state index in [2.05, 4.69) is 39.8 Å². The summed E-state index contributed by atoms with van der Waals surface area (Å²) in [5.74, 6) is 1.94. The van der Waals surface area contributed by atoms with Gasteiger partial charge in [-0.05, 0) is 55.7 Å². The van der Waals surface area contributed by atoms with Crippen LogP contribution in [0.2, 0.25) is 0 Å². The van der Waals surface area contributed by atoms with Crippen molar-refractivity contribution in [2.45, 2.75) is 59.5 Å². The van der Waals surface area contributed by atoms with E-state index in [0.717, 1.165) is 36.4 Å². The van der Waals surface area contributed by atoms with Crippen LogP contribution in [0.1, 0.15) is 57.6 Å². The molecule has 0 aromatic heterocycles. The first kappa shape index (κ1) is 16.9. The van der Waals surface area contributed by atoms with E-state index in [4.69, 9.17) is 4.74 Å². The largest absolute Gasteiger partial charge is 0.481 e. The highest BCUT2D eigenvalue weighted by atomic mass is 16.5. The van der Waals surface area contributed by atoms with Crippen molar-refractivity contribution in [2.75, 3.05) is 13.1 Å². The molecule has 2 atom stereocenters. The number of ether oxygens (including phenoxy) is 1. The molecule has 0 spiro atoms. The van der Waals surface area contributed by atoms with Gasteiger partial charge in [-0.1, -0.05) is 32.9 Å². The Morgan fingerprint density at radius 3 is 2.68 bits per heavy atom. The predicted molar refractivity (Wildman–Crippen MR) is 90.3 cm³/mol. The molecule has 2 rings (SSSR count). The Morgan fingerprint density at radius 2 is 2.05 bits per heavy atom. The molecular formula is C19H29NO2. The maximum atomic E-state index is 12.6. The highest BCUT2D eigenvalue weighted by Crippen LogP contribution is 2.28. The Labute approximate surface area is 134 Å². The number of likely N-dealkylation sites (tertiary alicyclic amines) is 1. The van der Waals surface area contributed by atoms with Crippen molar-refractivity contribution in [1.29, 1.82) is 0 Å². The van der Waals surface area contributed by atoms with E-state index in [0.29, 0.717) is 11.8 Å². The molecule has 0 radical (unpaired) electrons. The maximum absolute atomic E-state index is 12.6. The molecule has 122 valence electrons. The highest BCUT2D eigenvalue weighted by molar-refractivity contribution is 5.81. The Kier molecular flexibility index (Phi) is 5.49. The Balaban J connectivity index is 2.09. The van der Waals surface area contributed by atoms with Crippen LogP contribution in [0, 0.1) is 12.8 Å². The number of piperidine rings is 1. The van der Waals surface area contributed by atoms with Crippen molar-refractivity contribution < 1.29 is 9.53 Å². The molecule has 1 saturated heterocycles. The highest BCUT2D eigenvalue weighted by Gasteiger charge is 2.26. The van der Waals surface area contributed by atoms with E-state index in [9.17, 15) is 4.79 Å². The SMILES string of the molecule is Cc1ccc(C(C)C)c(O[C@H](C)C(=O)N2CCC[C@H](C)C2)c1. The molecule has 0 bridgehead atoms. The van der Waals surface area contributed by atoms with Crippen molar-refractivity contribution in [3.8, 4) is 5.75 Å². The summed E-state index contributed by atoms with van der Waals surface area (Å²) in [5.41, 5.74) is 2.32. The number of aryl methyl sites for hydroxylation is 1. The summed E-state index contributed by atoms with van der Waals surface area (Å²) >= 11 is 0. The summed E-state index contributed by atoms with van der Waals surface area (Å²) in [5, 5.41) is 0. The second kappa shape index (κ2) is 7.17. The second-order valence-corrected chi connectivity index (χ2v) is 6.99. The lowest BCUT2D eigenvalue weighted by Gasteiger charge is -2.33. The van der Waals surface area contributed by atoms with Gasteiger partial charge < -0.3 is 9.64 Å². The first-order valence-electron chi connectivity index (χ1n) is 8.44. The lowest BCUT2D eigenvalue weighted by molar-refractivity contribution is -0.139. The first-order chi connectivity index (χ1) is 10.4. The van der Waals surface area contributed by atoms with Crippen LogP contribution in [-0.4, -0.2) is 30.0 Å². The van der Waals surface area contributed by atoms with Gasteiger partial charge in [0, 0.05) is 13.1 Å². The van der Waals surface area contributed by atoms with E-state index >= 15 is 0 Å². The topological polar surface area (TPSA) is 29.5 Å². The number of carbonyl (C=O) groups excluding carboxylic acids is 1. The Bertz CT molecular complexity index is 524. The van der Waals surface area contributed by atoms with E-state index in [1.807, 2.05) is 17.9 Å². The molecule has 0 saturated carbocycles. The molecule has 22 heavy (non-hydrogen) atoms. The first-order valence-corrected chi connectivity index (χ1v) is 8.44. The molecule has 0 aliphatic carbocycles. The number of hydrogen-bond acceptors (Lipinski definition) is 2. The van der Waals surface area contributed by atoms with Crippen molar-refractivity contribution in [1.82, 2.24) is 4.90 Å². The molecule has 1 aromatic carbocycles. The third kappa shape index (κ3) is 4.02. The van der Waals surface area contributed by atoms with E-state index in [-0.39, 0.29) is 5.91 Å². The van der Waals surface area contributed by atoms with Crippen LogP contribution in [0.5, 0.6) is 5.75 Å². The number of nitrogens with zero attached hydrogens (tertiary/aromatic N) is 1. The number of amides is 1. The predicted octanol–water partition coefficient (Wildman–Crippen LogP) is 4.14. The van der Waals surface area contributed by atoms with Crippen LogP contribution in [0.15, 0.2) is 18.2 Å². The van der Waals surface area contributed by atoms with Crippen LogP contribution in [0.4, 0.5) is 0 Å². The van der Waals surface area contributed by atoms with Gasteiger partial charge in [-0.2, -0.15) is 0 Å². The zero-order valence-corrected chi connectivity index (χ0v) is 14.6. The number of rotatable bonds is 4. The maximum Gasteiger partial charge on any atom is 0.263 e. The van der Waals surface area contributed by atoms with Gasteiger partial charge >= 0.3 is 0 Å². The molecule has 1 heterocycles. The molecule has 1 aliphatic heterocycles. The molecule has 0 unspecified atom stereocenters. The minimum Gasteiger partial charge on any atom is -0.481 e. The molecule has 0 N–H and O–H groups in total. The van der Waals surface area contributed by atoms with Gasteiger partial charge in [0.15, 0.2) is 6.10 Å². The van der Waals surface area contributed by atoms with Gasteiger partial charge in [-0.25, -0.2) is 0 Å². The van der Waals surface area contributed by atoms with Crippen LogP contribution in [0.3, 0.4) is 0 Å². The van der Waals surface area contributed by atoms with Crippen LogP contribution in [-0.2, 0) is 4.79 Å². The normalized spacial score (nSPS) is 20.1. The standard InChI is InChI=1S/C19H29NO2/c1-13(2)17-9-8-14(3)11-18(17)22-16(5)19(21)20-10-6-7-15(4)12-20/h8-9,11,13,15-16H,6-7,10,12H2,1-5H3/t15-,16+/m0/s1. The fraction of sp³-hybridized carbons (Fsp3) is 0.632. The van der Waals surface area contributed by atoms with Gasteiger partial charge in [0.1, 0.15) is 5.75 Å². The van der Waals surface area contributed by atoms with E-state index in [1.165, 1.54) is 6.42 Å². The van der Waals surface area contributed by atoms with Crippen molar-refractivity contribution in [3.05, 3.63) is 29.3 Å². The second-order valence-electron chi connectivity index (χ2n) is 6.99. The Morgan fingerprint density at radius 1 is 1.32 bits per heavy atom. The summed E-state index contributed by atoms with van der Waals surface area (Å²) in [6.45, 7) is 12.2. The molecule has 1 amide bonds. The molecule has 1 fully saturated rings. The number of carbonyl (C=O) groups is 1. The zero-order chi connectivity index (χ0) is 16.3. The quantitative estimate of drug-likeness (QED) is 0.836. The van der Waals surface area contributed by atoms with Crippen molar-refractivity contribution >= 4 is 5.91 Å². The van der Waals surface area contributed by atoms with E-state index < -0.39 is 6.10 Å². The molecule has 1 aromatic rings. The van der Waals surface area contributed by atoms with E-state index in [1.54, 1.807) is 0 Å². The zero-order valence-electron chi connectivity index (χ0n) is 14.6. The van der Waals surface area contributed by atoms with Crippen LogP contribution < -0.4 is 4.74 Å². The summed E-state index contributed by atoms with van der Waals surface area (Å²) in [7, 11) is 0. The van der Waals surface area contributed by atoms with Gasteiger partial charge in [0.05, 0.1) is 0 Å². The lowest BCUT2D eigenvalue weighted by atomic mass is 9.99. The fourth-order valence-electron chi connectivity index (χ4n) is 3.11. The summed E-state index contributed by atoms with van der Waals surface area (Å²) in [6.07, 6.45) is 1.89. The molecule has 3 heteroatoms. The van der Waals surface area contributed by atoms with Crippen molar-refractivity contribution in [2.24, 2.45) is 5.92 Å². The average Bonchev–Trinajstić information content (AvgIpc) is 2.46. The van der Waals surface area contributed by atoms with Crippen molar-refractivity contribution in [3.63, 3.8) is 0 Å². The molecule has 1 aliphatic rings. The van der Waals surface area contributed by atoms with Crippen LogP contribution in [0.25, 0.3) is 0 Å².